The molecule has 90 valence electrons. The maximum absolute atomic E-state index is 12.0. The molecule has 0 saturated heterocycles. The lowest BCUT2D eigenvalue weighted by Crippen LogP contribution is -2.13. The summed E-state index contributed by atoms with van der Waals surface area (Å²) in [6, 6.07) is 5.59. The lowest BCUT2D eigenvalue weighted by atomic mass is 10.1. The van der Waals surface area contributed by atoms with Gasteiger partial charge in [0.15, 0.2) is 9.84 Å². The van der Waals surface area contributed by atoms with Gasteiger partial charge in [-0.15, -0.1) is 0 Å². The molecule has 0 bridgehead atoms. The third-order valence-electron chi connectivity index (χ3n) is 2.55. The number of hydrogen-bond acceptors (Lipinski definition) is 3. The smallest absolute Gasteiger partial charge is 0.180 e. The molecule has 0 heterocycles. The van der Waals surface area contributed by atoms with Crippen molar-refractivity contribution in [3.8, 4) is 0 Å². The number of methoxy groups -OCH3 is 1. The summed E-state index contributed by atoms with van der Waals surface area (Å²) >= 11 is 0. The van der Waals surface area contributed by atoms with E-state index in [1.165, 1.54) is 7.11 Å². The van der Waals surface area contributed by atoms with Gasteiger partial charge in [0.2, 0.25) is 0 Å². The fraction of sp³-hybridized carbons (Fsp3) is 0.500. The van der Waals surface area contributed by atoms with Gasteiger partial charge in [0.25, 0.3) is 0 Å². The van der Waals surface area contributed by atoms with Crippen molar-refractivity contribution in [3.63, 3.8) is 0 Å². The molecule has 0 aliphatic carbocycles. The predicted octanol–water partition coefficient (Wildman–Crippen LogP) is 1.98. The summed E-state index contributed by atoms with van der Waals surface area (Å²) in [7, 11) is -1.71. The Hall–Kier alpha value is -0.870. The maximum Gasteiger partial charge on any atom is 0.180 e. The van der Waals surface area contributed by atoms with Gasteiger partial charge in [-0.1, -0.05) is 19.1 Å². The Balaban J connectivity index is 3.11. The van der Waals surface area contributed by atoms with E-state index in [0.717, 1.165) is 17.5 Å². The first-order valence-electron chi connectivity index (χ1n) is 5.32. The Morgan fingerprint density at radius 1 is 1.31 bits per heavy atom. The fourth-order valence-electron chi connectivity index (χ4n) is 1.50. The van der Waals surface area contributed by atoms with Crippen molar-refractivity contribution < 1.29 is 13.2 Å². The summed E-state index contributed by atoms with van der Waals surface area (Å²) in [6.07, 6.45) is 0.840. The van der Waals surface area contributed by atoms with Crippen LogP contribution in [0.3, 0.4) is 0 Å². The average molecular weight is 242 g/mol. The van der Waals surface area contributed by atoms with Crippen LogP contribution in [0.1, 0.15) is 18.1 Å². The van der Waals surface area contributed by atoms with Gasteiger partial charge in [-0.25, -0.2) is 8.42 Å². The molecule has 0 radical (unpaired) electrons. The molecule has 0 aliphatic heterocycles. The Morgan fingerprint density at radius 2 is 2.00 bits per heavy atom. The van der Waals surface area contributed by atoms with Crippen LogP contribution in [-0.2, 0) is 21.0 Å². The first-order chi connectivity index (χ1) is 7.51. The fourth-order valence-corrected chi connectivity index (χ4v) is 3.00. The zero-order chi connectivity index (χ0) is 12.2. The van der Waals surface area contributed by atoms with E-state index in [4.69, 9.17) is 4.74 Å². The van der Waals surface area contributed by atoms with Crippen molar-refractivity contribution in [2.45, 2.75) is 25.2 Å². The van der Waals surface area contributed by atoms with Crippen LogP contribution in [0.5, 0.6) is 0 Å². The van der Waals surface area contributed by atoms with Crippen LogP contribution in [0.25, 0.3) is 0 Å². The summed E-state index contributed by atoms with van der Waals surface area (Å²) in [6.45, 7) is 4.06. The highest BCUT2D eigenvalue weighted by atomic mass is 32.2. The molecule has 3 nitrogen and oxygen atoms in total. The molecule has 0 atom stereocenters. The Bertz CT molecular complexity index is 449. The molecule has 0 fully saturated rings. The molecule has 4 heteroatoms. The largest absolute Gasteiger partial charge is 0.384 e. The second kappa shape index (κ2) is 5.46. The minimum Gasteiger partial charge on any atom is -0.384 e. The lowest BCUT2D eigenvalue weighted by Gasteiger charge is -2.09. The third kappa shape index (κ3) is 3.06. The summed E-state index contributed by atoms with van der Waals surface area (Å²) in [5, 5.41) is 0. The van der Waals surface area contributed by atoms with E-state index in [1.807, 2.05) is 26.0 Å². The number of benzene rings is 1. The van der Waals surface area contributed by atoms with Crippen LogP contribution >= 0.6 is 0 Å². The van der Waals surface area contributed by atoms with Crippen molar-refractivity contribution in [1.29, 1.82) is 0 Å². The number of ether oxygens (including phenoxy) is 1. The van der Waals surface area contributed by atoms with Gasteiger partial charge in [-0.2, -0.15) is 0 Å². The van der Waals surface area contributed by atoms with Gasteiger partial charge in [0.05, 0.1) is 17.3 Å². The maximum atomic E-state index is 12.0. The molecule has 1 aromatic carbocycles. The molecular weight excluding hydrogens is 224 g/mol. The second-order valence-electron chi connectivity index (χ2n) is 3.77. The van der Waals surface area contributed by atoms with E-state index in [9.17, 15) is 8.42 Å². The minimum atomic E-state index is -3.21. The molecule has 0 saturated carbocycles. The second-order valence-corrected chi connectivity index (χ2v) is 5.84. The Kier molecular flexibility index (Phi) is 4.50. The van der Waals surface area contributed by atoms with Crippen molar-refractivity contribution in [2.75, 3.05) is 19.5 Å². The van der Waals surface area contributed by atoms with E-state index in [-0.39, 0.29) is 12.4 Å². The summed E-state index contributed by atoms with van der Waals surface area (Å²) in [5.41, 5.74) is 1.84. The molecular formula is C12H18O3S. The molecule has 16 heavy (non-hydrogen) atoms. The zero-order valence-electron chi connectivity index (χ0n) is 9.99. The van der Waals surface area contributed by atoms with Crippen LogP contribution in [0.2, 0.25) is 0 Å². The average Bonchev–Trinajstić information content (AvgIpc) is 2.27. The summed E-state index contributed by atoms with van der Waals surface area (Å²) < 4.78 is 28.8. The van der Waals surface area contributed by atoms with E-state index >= 15 is 0 Å². The van der Waals surface area contributed by atoms with Crippen molar-refractivity contribution >= 4 is 9.84 Å². The first kappa shape index (κ1) is 13.2. The summed E-state index contributed by atoms with van der Waals surface area (Å²) in [5.74, 6) is 0.0392. The minimum absolute atomic E-state index is 0.0392. The molecule has 0 aliphatic rings. The van der Waals surface area contributed by atoms with Gasteiger partial charge < -0.3 is 4.74 Å². The van der Waals surface area contributed by atoms with Gasteiger partial charge >= 0.3 is 0 Å². The predicted molar refractivity (Wildman–Crippen MR) is 64.5 cm³/mol. The zero-order valence-corrected chi connectivity index (χ0v) is 10.8. The molecule has 1 rings (SSSR count). The van der Waals surface area contributed by atoms with Gasteiger partial charge in [-0.05, 0) is 30.5 Å². The van der Waals surface area contributed by atoms with Crippen LogP contribution in [0.4, 0.5) is 0 Å². The van der Waals surface area contributed by atoms with Crippen LogP contribution < -0.4 is 0 Å². The molecule has 1 aromatic rings. The molecule has 0 unspecified atom stereocenters. The van der Waals surface area contributed by atoms with Gasteiger partial charge in [-0.3, -0.25) is 0 Å². The van der Waals surface area contributed by atoms with E-state index in [2.05, 4.69) is 0 Å². The topological polar surface area (TPSA) is 43.4 Å². The van der Waals surface area contributed by atoms with Crippen LogP contribution in [0.15, 0.2) is 23.1 Å². The highest BCUT2D eigenvalue weighted by Crippen LogP contribution is 2.18. The Morgan fingerprint density at radius 3 is 2.56 bits per heavy atom. The van der Waals surface area contributed by atoms with E-state index in [0.29, 0.717) is 4.90 Å². The molecule has 0 N–H and O–H groups in total. The highest BCUT2D eigenvalue weighted by Gasteiger charge is 2.16. The van der Waals surface area contributed by atoms with E-state index in [1.54, 1.807) is 6.07 Å². The van der Waals surface area contributed by atoms with Crippen molar-refractivity contribution in [1.82, 2.24) is 0 Å². The van der Waals surface area contributed by atoms with Crippen molar-refractivity contribution in [3.05, 3.63) is 29.3 Å². The standard InChI is InChI=1S/C12H18O3S/c1-4-11-6-5-10(2)12(9-11)16(13,14)8-7-15-3/h5-6,9H,4,7-8H2,1-3H3. The van der Waals surface area contributed by atoms with Crippen molar-refractivity contribution in [2.24, 2.45) is 0 Å². The molecule has 0 spiro atoms. The number of aryl methyl sites for hydroxylation is 2. The first-order valence-corrected chi connectivity index (χ1v) is 6.97. The Labute approximate surface area is 97.4 Å². The highest BCUT2D eigenvalue weighted by molar-refractivity contribution is 7.91. The quantitative estimate of drug-likeness (QED) is 0.793. The number of sulfone groups is 1. The van der Waals surface area contributed by atoms with Gasteiger partial charge in [0, 0.05) is 7.11 Å². The number of rotatable bonds is 5. The van der Waals surface area contributed by atoms with Gasteiger partial charge in [0.1, 0.15) is 0 Å². The van der Waals surface area contributed by atoms with E-state index < -0.39 is 9.84 Å². The third-order valence-corrected chi connectivity index (χ3v) is 4.37. The SMILES string of the molecule is CCc1ccc(C)c(S(=O)(=O)CCOC)c1. The summed E-state index contributed by atoms with van der Waals surface area (Å²) in [4.78, 5) is 0.434. The lowest BCUT2D eigenvalue weighted by molar-refractivity contribution is 0.217. The van der Waals surface area contributed by atoms with Crippen LogP contribution in [0, 0.1) is 6.92 Å². The van der Waals surface area contributed by atoms with Crippen LogP contribution in [-0.4, -0.2) is 27.9 Å². The number of hydrogen-bond donors (Lipinski definition) is 0. The molecule has 0 amide bonds. The normalized spacial score (nSPS) is 11.7. The molecule has 0 aromatic heterocycles. The monoisotopic (exact) mass is 242 g/mol.